The van der Waals surface area contributed by atoms with Crippen molar-refractivity contribution in [2.75, 3.05) is 0 Å². The maximum atomic E-state index is 10.2. The van der Waals surface area contributed by atoms with Gasteiger partial charge in [0.25, 0.3) is 0 Å². The molecule has 0 aromatic heterocycles. The molecule has 0 heterocycles. The van der Waals surface area contributed by atoms with Crippen LogP contribution in [0.25, 0.3) is 0 Å². The van der Waals surface area contributed by atoms with Gasteiger partial charge in [0.2, 0.25) is 0 Å². The van der Waals surface area contributed by atoms with Crippen LogP contribution in [0.5, 0.6) is 0 Å². The van der Waals surface area contributed by atoms with Gasteiger partial charge in [-0.15, -0.1) is 0 Å². The molecule has 0 bridgehead atoms. The normalized spacial score (nSPS) is 13.0. The summed E-state index contributed by atoms with van der Waals surface area (Å²) < 4.78 is 0. The van der Waals surface area contributed by atoms with Crippen molar-refractivity contribution in [3.63, 3.8) is 0 Å². The van der Waals surface area contributed by atoms with Gasteiger partial charge in [0.1, 0.15) is 0 Å². The number of rotatable bonds is 7. The summed E-state index contributed by atoms with van der Waals surface area (Å²) in [5, 5.41) is 12.0. The Morgan fingerprint density at radius 2 is 1.50 bits per heavy atom. The van der Waals surface area contributed by atoms with Crippen LogP contribution in [0.2, 0.25) is 0 Å². The lowest BCUT2D eigenvalue weighted by Gasteiger charge is -2.18. The molecular formula is C17H29NO2. The van der Waals surface area contributed by atoms with E-state index in [0.29, 0.717) is 17.6 Å². The van der Waals surface area contributed by atoms with Crippen molar-refractivity contribution in [1.29, 1.82) is 0 Å². The fourth-order valence-corrected chi connectivity index (χ4v) is 2.10. The Morgan fingerprint density at radius 3 is 1.80 bits per heavy atom. The van der Waals surface area contributed by atoms with E-state index in [1.54, 1.807) is 30.3 Å². The summed E-state index contributed by atoms with van der Waals surface area (Å²) in [5.74, 6) is -0.879. The third-order valence-corrected chi connectivity index (χ3v) is 3.03. The van der Waals surface area contributed by atoms with E-state index in [1.165, 1.54) is 25.7 Å². The predicted octanol–water partition coefficient (Wildman–Crippen LogP) is 4.34. The van der Waals surface area contributed by atoms with Crippen molar-refractivity contribution in [3.05, 3.63) is 35.9 Å². The van der Waals surface area contributed by atoms with Crippen LogP contribution in [-0.4, -0.2) is 23.2 Å². The molecule has 1 aromatic carbocycles. The highest BCUT2D eigenvalue weighted by molar-refractivity contribution is 5.87. The lowest BCUT2D eigenvalue weighted by molar-refractivity contribution is 0.0697. The van der Waals surface area contributed by atoms with E-state index < -0.39 is 5.97 Å². The van der Waals surface area contributed by atoms with Crippen LogP contribution < -0.4 is 5.32 Å². The van der Waals surface area contributed by atoms with E-state index in [0.717, 1.165) is 0 Å². The molecular weight excluding hydrogens is 250 g/mol. The van der Waals surface area contributed by atoms with E-state index in [-0.39, 0.29) is 0 Å². The summed E-state index contributed by atoms with van der Waals surface area (Å²) in [7, 11) is 0. The second kappa shape index (κ2) is 11.5. The number of nitrogens with one attached hydrogen (secondary N) is 1. The summed E-state index contributed by atoms with van der Waals surface area (Å²) in [6.45, 7) is 9.02. The van der Waals surface area contributed by atoms with Crippen molar-refractivity contribution in [2.24, 2.45) is 0 Å². The molecule has 0 saturated heterocycles. The number of carboxylic acids is 1. The average Bonchev–Trinajstić information content (AvgIpc) is 2.41. The molecule has 0 fully saturated rings. The van der Waals surface area contributed by atoms with Crippen molar-refractivity contribution in [1.82, 2.24) is 5.32 Å². The predicted molar refractivity (Wildman–Crippen MR) is 85.3 cm³/mol. The quantitative estimate of drug-likeness (QED) is 0.780. The van der Waals surface area contributed by atoms with Gasteiger partial charge in [-0.25, -0.2) is 4.79 Å². The maximum absolute atomic E-state index is 10.2. The Morgan fingerprint density at radius 1 is 1.05 bits per heavy atom. The number of benzene rings is 1. The molecule has 0 aliphatic carbocycles. The lowest BCUT2D eigenvalue weighted by Crippen LogP contribution is -2.34. The van der Waals surface area contributed by atoms with Gasteiger partial charge < -0.3 is 10.4 Å². The molecule has 0 radical (unpaired) electrons. The molecule has 114 valence electrons. The first-order valence-corrected chi connectivity index (χ1v) is 7.55. The van der Waals surface area contributed by atoms with Crippen molar-refractivity contribution >= 4 is 5.97 Å². The molecule has 1 aromatic rings. The van der Waals surface area contributed by atoms with Gasteiger partial charge >= 0.3 is 5.97 Å². The fraction of sp³-hybridized carbons (Fsp3) is 0.588. The highest BCUT2D eigenvalue weighted by Crippen LogP contribution is 2.00. The van der Waals surface area contributed by atoms with Crippen LogP contribution in [0.1, 0.15) is 63.7 Å². The van der Waals surface area contributed by atoms with E-state index >= 15 is 0 Å². The van der Waals surface area contributed by atoms with Crippen LogP contribution in [-0.2, 0) is 0 Å². The lowest BCUT2D eigenvalue weighted by atomic mass is 10.1. The minimum atomic E-state index is -0.879. The highest BCUT2D eigenvalue weighted by Gasteiger charge is 2.04. The van der Waals surface area contributed by atoms with E-state index in [1.807, 2.05) is 0 Å². The minimum Gasteiger partial charge on any atom is -0.478 e. The van der Waals surface area contributed by atoms with Gasteiger partial charge in [-0.05, 0) is 38.8 Å². The Hall–Kier alpha value is -1.35. The summed E-state index contributed by atoms with van der Waals surface area (Å²) in [5.41, 5.74) is 0.331. The van der Waals surface area contributed by atoms with Gasteiger partial charge in [0.05, 0.1) is 5.56 Å². The highest BCUT2D eigenvalue weighted by atomic mass is 16.4. The largest absolute Gasteiger partial charge is 0.478 e. The van der Waals surface area contributed by atoms with Crippen molar-refractivity contribution in [3.8, 4) is 0 Å². The summed E-state index contributed by atoms with van der Waals surface area (Å²) >= 11 is 0. The van der Waals surface area contributed by atoms with Crippen LogP contribution in [0.3, 0.4) is 0 Å². The third-order valence-electron chi connectivity index (χ3n) is 3.03. The monoisotopic (exact) mass is 279 g/mol. The number of aromatic carboxylic acids is 1. The summed E-state index contributed by atoms with van der Waals surface area (Å²) in [6.07, 6.45) is 5.17. The zero-order valence-corrected chi connectivity index (χ0v) is 13.2. The molecule has 2 N–H and O–H groups in total. The molecule has 2 atom stereocenters. The maximum Gasteiger partial charge on any atom is 0.335 e. The zero-order chi connectivity index (χ0) is 15.4. The molecule has 0 saturated carbocycles. The van der Waals surface area contributed by atoms with Crippen molar-refractivity contribution < 1.29 is 9.90 Å². The summed E-state index contributed by atoms with van der Waals surface area (Å²) in [6, 6.07) is 9.69. The number of carbonyl (C=O) groups is 1. The minimum absolute atomic E-state index is 0.331. The van der Waals surface area contributed by atoms with Crippen LogP contribution in [0, 0.1) is 0 Å². The van der Waals surface area contributed by atoms with E-state index in [9.17, 15) is 4.79 Å². The molecule has 2 unspecified atom stereocenters. The second-order valence-corrected chi connectivity index (χ2v) is 5.22. The third kappa shape index (κ3) is 9.56. The van der Waals surface area contributed by atoms with Gasteiger partial charge in [-0.2, -0.15) is 0 Å². The summed E-state index contributed by atoms with van der Waals surface area (Å²) in [4.78, 5) is 10.2. The Bertz CT molecular complexity index is 341. The van der Waals surface area contributed by atoms with Crippen LogP contribution in [0.4, 0.5) is 0 Å². The smallest absolute Gasteiger partial charge is 0.335 e. The molecule has 20 heavy (non-hydrogen) atoms. The van der Waals surface area contributed by atoms with Gasteiger partial charge in [0.15, 0.2) is 0 Å². The van der Waals surface area contributed by atoms with Crippen LogP contribution in [0.15, 0.2) is 30.3 Å². The molecule has 3 heteroatoms. The average molecular weight is 279 g/mol. The first kappa shape index (κ1) is 18.7. The number of carboxylic acid groups (broad SMARTS) is 1. The fourth-order valence-electron chi connectivity index (χ4n) is 2.10. The molecule has 0 aliphatic rings. The van der Waals surface area contributed by atoms with Crippen molar-refractivity contribution in [2.45, 2.75) is 65.5 Å². The molecule has 3 nitrogen and oxygen atoms in total. The molecule has 0 spiro atoms. The molecule has 1 rings (SSSR count). The Kier molecular flexibility index (Phi) is 10.7. The van der Waals surface area contributed by atoms with E-state index in [4.69, 9.17) is 5.11 Å². The molecule has 0 aliphatic heterocycles. The number of hydrogen-bond donors (Lipinski definition) is 2. The second-order valence-electron chi connectivity index (χ2n) is 5.22. The topological polar surface area (TPSA) is 49.3 Å². The first-order valence-electron chi connectivity index (χ1n) is 7.55. The Labute approximate surface area is 123 Å². The van der Waals surface area contributed by atoms with Gasteiger partial charge in [-0.3, -0.25) is 0 Å². The standard InChI is InChI=1S/C10H23N.C7H6O2/c1-5-7-9(3)11-10(4)8-6-2;8-7(9)6-4-2-1-3-5-6/h9-11H,5-8H2,1-4H3;1-5H,(H,8,9). The SMILES string of the molecule is CCCC(C)NC(C)CCC.O=C(O)c1ccccc1. The zero-order valence-electron chi connectivity index (χ0n) is 13.2. The van der Waals surface area contributed by atoms with E-state index in [2.05, 4.69) is 33.0 Å². The first-order chi connectivity index (χ1) is 9.51. The Balaban J connectivity index is 0.000000367. The molecule has 0 amide bonds. The van der Waals surface area contributed by atoms with Gasteiger partial charge in [-0.1, -0.05) is 44.9 Å². The number of hydrogen-bond acceptors (Lipinski definition) is 2. The van der Waals surface area contributed by atoms with Crippen LogP contribution >= 0.6 is 0 Å². The van der Waals surface area contributed by atoms with Gasteiger partial charge in [0, 0.05) is 12.1 Å².